The Labute approximate surface area is 275 Å². The van der Waals surface area contributed by atoms with Crippen molar-refractivity contribution in [3.63, 3.8) is 0 Å². The maximum atomic E-state index is 14.2. The predicted octanol–water partition coefficient (Wildman–Crippen LogP) is 7.12. The van der Waals surface area contributed by atoms with Crippen molar-refractivity contribution in [2.75, 3.05) is 14.2 Å². The smallest absolute Gasteiger partial charge is 0.351 e. The molecule has 0 bridgehead atoms. The Morgan fingerprint density at radius 3 is 2.11 bits per heavy atom. The van der Waals surface area contributed by atoms with Crippen LogP contribution in [0.5, 0.6) is 11.5 Å². The topological polar surface area (TPSA) is 105 Å². The van der Waals surface area contributed by atoms with Crippen LogP contribution in [0.2, 0.25) is 5.02 Å². The number of carbonyl (C=O) groups is 1. The first-order chi connectivity index (χ1) is 22.2. The monoisotopic (exact) mass is 646 g/mol. The zero-order chi connectivity index (χ0) is 33.2. The number of rotatable bonds is 15. The van der Waals surface area contributed by atoms with E-state index in [1.54, 1.807) is 38.3 Å². The molecule has 0 N–H and O–H groups in total. The maximum Gasteiger partial charge on any atom is 0.351 e. The van der Waals surface area contributed by atoms with E-state index in [9.17, 15) is 9.59 Å². The highest BCUT2D eigenvalue weighted by atomic mass is 35.5. The van der Waals surface area contributed by atoms with Crippen LogP contribution in [0.3, 0.4) is 0 Å². The lowest BCUT2D eigenvalue weighted by atomic mass is 9.94. The Morgan fingerprint density at radius 2 is 1.57 bits per heavy atom. The maximum absolute atomic E-state index is 14.2. The molecule has 0 radical (unpaired) electrons. The van der Waals surface area contributed by atoms with Crippen LogP contribution in [-0.4, -0.2) is 39.7 Å². The summed E-state index contributed by atoms with van der Waals surface area (Å²) >= 11 is 6.13. The second kappa shape index (κ2) is 16.4. The Bertz CT molecular complexity index is 1660. The molecule has 0 amide bonds. The van der Waals surface area contributed by atoms with Gasteiger partial charge >= 0.3 is 5.97 Å². The van der Waals surface area contributed by atoms with Crippen LogP contribution >= 0.6 is 11.6 Å². The third kappa shape index (κ3) is 8.12. The number of benzene rings is 2. The van der Waals surface area contributed by atoms with E-state index in [0.29, 0.717) is 46.3 Å². The van der Waals surface area contributed by atoms with Crippen LogP contribution < -0.4 is 15.0 Å². The minimum absolute atomic E-state index is 0.188. The molecule has 0 spiro atoms. The van der Waals surface area contributed by atoms with Crippen molar-refractivity contribution in [2.24, 2.45) is 0 Å². The molecule has 4 rings (SSSR count). The standard InChI is InChI=1S/C36H43ClN4O5/c1-7-10-13-31-30(34(42)41(23(4)40-31)36-38-21-29(44-5)22-39-36)20-24-18-26(11-8-2)32(27(19-24)12-9-3)46-33(35(43)45-6)25-14-16-28(37)17-15-25/h14-19,21-22,33H,7-13,20H2,1-6H3. The minimum Gasteiger partial charge on any atom is -0.494 e. The SMILES string of the molecule is CCCCc1nc(C)n(-c2ncc(OC)cn2)c(=O)c1Cc1cc(CCC)c(OC(C(=O)OC)c2ccc(Cl)cc2)c(CCC)c1. The summed E-state index contributed by atoms with van der Waals surface area (Å²) in [6, 6.07) is 11.2. The molecule has 46 heavy (non-hydrogen) atoms. The lowest BCUT2D eigenvalue weighted by Gasteiger charge is -2.23. The second-order valence-electron chi connectivity index (χ2n) is 11.2. The number of hydrogen-bond donors (Lipinski definition) is 0. The number of hydrogen-bond acceptors (Lipinski definition) is 8. The van der Waals surface area contributed by atoms with Gasteiger partial charge in [0.25, 0.3) is 5.56 Å². The predicted molar refractivity (Wildman–Crippen MR) is 179 cm³/mol. The molecule has 0 saturated heterocycles. The van der Waals surface area contributed by atoms with Crippen LogP contribution in [0, 0.1) is 6.92 Å². The molecule has 10 heteroatoms. The average Bonchev–Trinajstić information content (AvgIpc) is 3.05. The number of unbranched alkanes of at least 4 members (excludes halogenated alkanes) is 1. The van der Waals surface area contributed by atoms with E-state index in [0.717, 1.165) is 60.9 Å². The van der Waals surface area contributed by atoms with Crippen molar-refractivity contribution in [2.45, 2.75) is 85.2 Å². The van der Waals surface area contributed by atoms with Gasteiger partial charge in [-0.05, 0) is 61.4 Å². The molecule has 2 aromatic carbocycles. The van der Waals surface area contributed by atoms with Crippen LogP contribution in [-0.2, 0) is 35.2 Å². The van der Waals surface area contributed by atoms with Crippen molar-refractivity contribution in [1.29, 1.82) is 0 Å². The summed E-state index contributed by atoms with van der Waals surface area (Å²) in [5, 5.41) is 0.566. The van der Waals surface area contributed by atoms with Gasteiger partial charge in [-0.3, -0.25) is 4.79 Å². The summed E-state index contributed by atoms with van der Waals surface area (Å²) in [6.45, 7) is 8.13. The largest absolute Gasteiger partial charge is 0.494 e. The van der Waals surface area contributed by atoms with E-state index < -0.39 is 12.1 Å². The fourth-order valence-corrected chi connectivity index (χ4v) is 5.65. The van der Waals surface area contributed by atoms with Gasteiger partial charge in [0.2, 0.25) is 12.1 Å². The Balaban J connectivity index is 1.83. The first-order valence-corrected chi connectivity index (χ1v) is 16.2. The zero-order valence-electron chi connectivity index (χ0n) is 27.6. The molecular formula is C36H43ClN4O5. The average molecular weight is 647 g/mol. The van der Waals surface area contributed by atoms with Gasteiger partial charge in [-0.15, -0.1) is 0 Å². The summed E-state index contributed by atoms with van der Waals surface area (Å²) in [5.41, 5.74) is 4.79. The molecule has 0 fully saturated rings. The molecule has 0 aliphatic heterocycles. The summed E-state index contributed by atoms with van der Waals surface area (Å²) in [5.74, 6) is 1.46. The highest BCUT2D eigenvalue weighted by Crippen LogP contribution is 2.34. The quantitative estimate of drug-likeness (QED) is 0.126. The third-order valence-electron chi connectivity index (χ3n) is 7.79. The number of aromatic nitrogens is 4. The number of halogens is 1. The third-order valence-corrected chi connectivity index (χ3v) is 8.05. The first-order valence-electron chi connectivity index (χ1n) is 15.9. The van der Waals surface area contributed by atoms with Crippen molar-refractivity contribution >= 4 is 17.6 Å². The number of esters is 1. The molecule has 2 aromatic heterocycles. The van der Waals surface area contributed by atoms with Crippen LogP contribution in [0.4, 0.5) is 0 Å². The highest BCUT2D eigenvalue weighted by Gasteiger charge is 2.27. The Morgan fingerprint density at radius 1 is 0.935 bits per heavy atom. The molecule has 1 atom stereocenters. The van der Waals surface area contributed by atoms with E-state index in [-0.39, 0.29) is 11.5 Å². The van der Waals surface area contributed by atoms with E-state index in [1.165, 1.54) is 24.1 Å². The van der Waals surface area contributed by atoms with E-state index in [1.807, 2.05) is 0 Å². The van der Waals surface area contributed by atoms with Gasteiger partial charge in [-0.1, -0.05) is 75.9 Å². The number of nitrogens with zero attached hydrogens (tertiary/aromatic N) is 4. The normalized spacial score (nSPS) is 11.7. The first kappa shape index (κ1) is 34.6. The molecule has 2 heterocycles. The fourth-order valence-electron chi connectivity index (χ4n) is 5.52. The molecule has 4 aromatic rings. The van der Waals surface area contributed by atoms with E-state index in [4.69, 9.17) is 30.8 Å². The summed E-state index contributed by atoms with van der Waals surface area (Å²) < 4.78 is 18.4. The van der Waals surface area contributed by atoms with Crippen molar-refractivity contribution in [3.8, 4) is 17.4 Å². The van der Waals surface area contributed by atoms with Gasteiger partial charge in [0.15, 0.2) is 5.75 Å². The van der Waals surface area contributed by atoms with Crippen LogP contribution in [0.25, 0.3) is 5.95 Å². The summed E-state index contributed by atoms with van der Waals surface area (Å²) in [4.78, 5) is 40.8. The van der Waals surface area contributed by atoms with Gasteiger partial charge in [0.05, 0.1) is 32.3 Å². The molecule has 9 nitrogen and oxygen atoms in total. The van der Waals surface area contributed by atoms with Gasteiger partial charge in [-0.25, -0.2) is 24.3 Å². The molecule has 1 unspecified atom stereocenters. The highest BCUT2D eigenvalue weighted by molar-refractivity contribution is 6.30. The van der Waals surface area contributed by atoms with Crippen molar-refractivity contribution in [1.82, 2.24) is 19.5 Å². The van der Waals surface area contributed by atoms with Crippen molar-refractivity contribution in [3.05, 3.63) is 104 Å². The van der Waals surface area contributed by atoms with E-state index >= 15 is 0 Å². The van der Waals surface area contributed by atoms with Gasteiger partial charge < -0.3 is 14.2 Å². The van der Waals surface area contributed by atoms with Crippen LogP contribution in [0.1, 0.15) is 91.9 Å². The Hall–Kier alpha value is -4.24. The zero-order valence-corrected chi connectivity index (χ0v) is 28.3. The van der Waals surface area contributed by atoms with Gasteiger partial charge in [-0.2, -0.15) is 0 Å². The lowest BCUT2D eigenvalue weighted by Crippen LogP contribution is -2.29. The molecular weight excluding hydrogens is 604 g/mol. The van der Waals surface area contributed by atoms with Crippen LogP contribution in [0.15, 0.2) is 53.6 Å². The fraction of sp³-hybridized carbons (Fsp3) is 0.417. The Kier molecular flexibility index (Phi) is 12.3. The number of carbonyl (C=O) groups excluding carboxylic acids is 1. The molecule has 0 aliphatic rings. The van der Waals surface area contributed by atoms with Gasteiger partial charge in [0.1, 0.15) is 11.6 Å². The lowest BCUT2D eigenvalue weighted by molar-refractivity contribution is -0.149. The molecule has 0 aliphatic carbocycles. The summed E-state index contributed by atoms with van der Waals surface area (Å²) in [6.07, 6.45) is 8.28. The minimum atomic E-state index is -0.960. The number of aryl methyl sites for hydroxylation is 4. The molecule has 244 valence electrons. The molecule has 0 saturated carbocycles. The number of ether oxygens (including phenoxy) is 3. The van der Waals surface area contributed by atoms with E-state index in [2.05, 4.69) is 42.9 Å². The second-order valence-corrected chi connectivity index (χ2v) is 11.7. The number of methoxy groups -OCH3 is 2. The van der Waals surface area contributed by atoms with Gasteiger partial charge in [0, 0.05) is 22.6 Å². The summed E-state index contributed by atoms with van der Waals surface area (Å²) in [7, 11) is 2.90. The van der Waals surface area contributed by atoms with Crippen molar-refractivity contribution < 1.29 is 19.0 Å².